The summed E-state index contributed by atoms with van der Waals surface area (Å²) in [6, 6.07) is 4.17. The molecule has 2 N–H and O–H groups in total. The van der Waals surface area contributed by atoms with Gasteiger partial charge in [-0.25, -0.2) is 4.39 Å². The summed E-state index contributed by atoms with van der Waals surface area (Å²) in [4.78, 5) is 11.8. The van der Waals surface area contributed by atoms with Gasteiger partial charge in [0.25, 0.3) is 5.91 Å². The number of methoxy groups -OCH3 is 1. The van der Waals surface area contributed by atoms with Gasteiger partial charge < -0.3 is 15.2 Å². The second-order valence-electron chi connectivity index (χ2n) is 4.34. The largest absolute Gasteiger partial charge is 0.496 e. The first-order valence-corrected chi connectivity index (χ1v) is 5.76. The highest BCUT2D eigenvalue weighted by Crippen LogP contribution is 2.20. The fourth-order valence-corrected chi connectivity index (χ4v) is 1.42. The van der Waals surface area contributed by atoms with Crippen LogP contribution in [0.1, 0.15) is 24.2 Å². The summed E-state index contributed by atoms with van der Waals surface area (Å²) in [5.74, 6) is -1.05. The van der Waals surface area contributed by atoms with Crippen molar-refractivity contribution in [2.45, 2.75) is 20.0 Å². The summed E-state index contributed by atoms with van der Waals surface area (Å²) in [6.45, 7) is 3.75. The molecule has 1 aromatic rings. The Balaban J connectivity index is 2.78. The number of aliphatic hydroxyl groups excluding tert-OH is 1. The van der Waals surface area contributed by atoms with Crippen molar-refractivity contribution in [2.75, 3.05) is 13.7 Å². The standard InChI is InChI=1S/C13H18FNO3/c1-8(2)10(16)7-15-13(17)12-9(14)5-4-6-11(12)18-3/h4-6,8,10,16H,7H2,1-3H3,(H,15,17). The summed E-state index contributed by atoms with van der Waals surface area (Å²) in [7, 11) is 1.37. The molecule has 1 amide bonds. The first-order valence-electron chi connectivity index (χ1n) is 5.76. The van der Waals surface area contributed by atoms with Crippen molar-refractivity contribution in [2.24, 2.45) is 5.92 Å². The lowest BCUT2D eigenvalue weighted by atomic mass is 10.1. The number of hydrogen-bond donors (Lipinski definition) is 2. The van der Waals surface area contributed by atoms with Crippen molar-refractivity contribution >= 4 is 5.91 Å². The zero-order valence-electron chi connectivity index (χ0n) is 10.7. The zero-order chi connectivity index (χ0) is 13.7. The Morgan fingerprint density at radius 2 is 2.17 bits per heavy atom. The first-order chi connectivity index (χ1) is 8.47. The predicted octanol–water partition coefficient (Wildman–Crippen LogP) is 1.58. The van der Waals surface area contributed by atoms with Crippen LogP contribution in [0.25, 0.3) is 0 Å². The molecule has 0 aliphatic carbocycles. The van der Waals surface area contributed by atoms with E-state index in [-0.39, 0.29) is 23.8 Å². The average molecular weight is 255 g/mol. The molecule has 5 heteroatoms. The highest BCUT2D eigenvalue weighted by atomic mass is 19.1. The molecule has 0 bridgehead atoms. The van der Waals surface area contributed by atoms with Crippen LogP contribution in [-0.4, -0.2) is 30.8 Å². The molecule has 0 heterocycles. The molecule has 100 valence electrons. The molecular formula is C13H18FNO3. The highest BCUT2D eigenvalue weighted by Gasteiger charge is 2.18. The molecule has 0 fully saturated rings. The fourth-order valence-electron chi connectivity index (χ4n) is 1.42. The molecule has 0 saturated carbocycles. The molecule has 4 nitrogen and oxygen atoms in total. The van der Waals surface area contributed by atoms with Gasteiger partial charge in [0.1, 0.15) is 17.1 Å². The van der Waals surface area contributed by atoms with Crippen LogP contribution >= 0.6 is 0 Å². The monoisotopic (exact) mass is 255 g/mol. The van der Waals surface area contributed by atoms with Gasteiger partial charge in [-0.1, -0.05) is 19.9 Å². The Hall–Kier alpha value is -1.62. The Morgan fingerprint density at radius 3 is 2.72 bits per heavy atom. The predicted molar refractivity (Wildman–Crippen MR) is 66.1 cm³/mol. The molecule has 1 rings (SSSR count). The molecule has 1 aromatic carbocycles. The Morgan fingerprint density at radius 1 is 1.50 bits per heavy atom. The third kappa shape index (κ3) is 3.43. The van der Waals surface area contributed by atoms with Crippen molar-refractivity contribution in [3.63, 3.8) is 0 Å². The van der Waals surface area contributed by atoms with E-state index in [1.807, 2.05) is 13.8 Å². The van der Waals surface area contributed by atoms with Crippen LogP contribution in [0.2, 0.25) is 0 Å². The van der Waals surface area contributed by atoms with E-state index >= 15 is 0 Å². The number of carbonyl (C=O) groups excluding carboxylic acids is 1. The number of hydrogen-bond acceptors (Lipinski definition) is 3. The summed E-state index contributed by atoms with van der Waals surface area (Å²) in [6.07, 6.45) is -0.660. The van der Waals surface area contributed by atoms with Crippen LogP contribution in [0.4, 0.5) is 4.39 Å². The van der Waals surface area contributed by atoms with E-state index in [1.165, 1.54) is 25.3 Å². The lowest BCUT2D eigenvalue weighted by Crippen LogP contribution is -2.35. The van der Waals surface area contributed by atoms with Gasteiger partial charge in [0.15, 0.2) is 0 Å². The Labute approximate surface area is 106 Å². The molecule has 1 unspecified atom stereocenters. The minimum absolute atomic E-state index is 0.0211. The topological polar surface area (TPSA) is 58.6 Å². The third-order valence-electron chi connectivity index (χ3n) is 2.66. The SMILES string of the molecule is COc1cccc(F)c1C(=O)NCC(O)C(C)C. The van der Waals surface area contributed by atoms with Gasteiger partial charge in [-0.3, -0.25) is 4.79 Å². The zero-order valence-corrected chi connectivity index (χ0v) is 10.7. The van der Waals surface area contributed by atoms with E-state index in [9.17, 15) is 14.3 Å². The van der Waals surface area contributed by atoms with Crippen molar-refractivity contribution in [1.82, 2.24) is 5.32 Å². The number of rotatable bonds is 5. The number of benzene rings is 1. The molecule has 0 spiro atoms. The number of aliphatic hydroxyl groups is 1. The molecule has 0 aliphatic heterocycles. The van der Waals surface area contributed by atoms with Crippen LogP contribution in [-0.2, 0) is 0 Å². The summed E-state index contributed by atoms with van der Waals surface area (Å²) in [5.41, 5.74) is -0.143. The van der Waals surface area contributed by atoms with Crippen molar-refractivity contribution in [3.8, 4) is 5.75 Å². The molecule has 0 saturated heterocycles. The van der Waals surface area contributed by atoms with Gasteiger partial charge in [-0.2, -0.15) is 0 Å². The number of nitrogens with one attached hydrogen (secondary N) is 1. The van der Waals surface area contributed by atoms with Gasteiger partial charge in [0.2, 0.25) is 0 Å². The van der Waals surface area contributed by atoms with Crippen molar-refractivity contribution in [1.29, 1.82) is 0 Å². The van der Waals surface area contributed by atoms with Crippen molar-refractivity contribution in [3.05, 3.63) is 29.6 Å². The molecule has 1 atom stereocenters. The van der Waals surface area contributed by atoms with E-state index in [2.05, 4.69) is 5.32 Å². The second-order valence-corrected chi connectivity index (χ2v) is 4.34. The van der Waals surface area contributed by atoms with Gasteiger partial charge in [0, 0.05) is 6.54 Å². The lowest BCUT2D eigenvalue weighted by molar-refractivity contribution is 0.0865. The molecule has 0 aliphatic rings. The fraction of sp³-hybridized carbons (Fsp3) is 0.462. The maximum atomic E-state index is 13.6. The summed E-state index contributed by atoms with van der Waals surface area (Å²) >= 11 is 0. The van der Waals surface area contributed by atoms with Gasteiger partial charge in [-0.05, 0) is 18.1 Å². The Bertz CT molecular complexity index is 421. The van der Waals surface area contributed by atoms with E-state index < -0.39 is 17.8 Å². The summed E-state index contributed by atoms with van der Waals surface area (Å²) < 4.78 is 18.5. The molecule has 18 heavy (non-hydrogen) atoms. The van der Waals surface area contributed by atoms with Gasteiger partial charge in [-0.15, -0.1) is 0 Å². The third-order valence-corrected chi connectivity index (χ3v) is 2.66. The maximum absolute atomic E-state index is 13.6. The average Bonchev–Trinajstić information content (AvgIpc) is 2.34. The lowest BCUT2D eigenvalue weighted by Gasteiger charge is -2.16. The first kappa shape index (κ1) is 14.4. The maximum Gasteiger partial charge on any atom is 0.258 e. The smallest absolute Gasteiger partial charge is 0.258 e. The molecule has 0 radical (unpaired) electrons. The van der Waals surface area contributed by atoms with Crippen LogP contribution < -0.4 is 10.1 Å². The van der Waals surface area contributed by atoms with E-state index in [0.29, 0.717) is 0 Å². The number of ether oxygens (including phenoxy) is 1. The highest BCUT2D eigenvalue weighted by molar-refractivity contribution is 5.97. The minimum Gasteiger partial charge on any atom is -0.496 e. The van der Waals surface area contributed by atoms with Gasteiger partial charge in [0.05, 0.1) is 13.2 Å². The minimum atomic E-state index is -0.660. The normalized spacial score (nSPS) is 12.3. The van der Waals surface area contributed by atoms with Gasteiger partial charge >= 0.3 is 0 Å². The summed E-state index contributed by atoms with van der Waals surface area (Å²) in [5, 5.41) is 12.1. The molecule has 0 aromatic heterocycles. The van der Waals surface area contributed by atoms with E-state index in [1.54, 1.807) is 0 Å². The van der Waals surface area contributed by atoms with Crippen LogP contribution in [0.5, 0.6) is 5.75 Å². The Kier molecular flexibility index (Phi) is 5.09. The van der Waals surface area contributed by atoms with Crippen LogP contribution in [0, 0.1) is 11.7 Å². The van der Waals surface area contributed by atoms with Crippen molar-refractivity contribution < 1.29 is 19.0 Å². The molecular weight excluding hydrogens is 237 g/mol. The number of carbonyl (C=O) groups is 1. The van der Waals surface area contributed by atoms with Crippen LogP contribution in [0.15, 0.2) is 18.2 Å². The van der Waals surface area contributed by atoms with E-state index in [4.69, 9.17) is 4.74 Å². The second kappa shape index (κ2) is 6.35. The quantitative estimate of drug-likeness (QED) is 0.840. The van der Waals surface area contributed by atoms with E-state index in [0.717, 1.165) is 0 Å². The van der Waals surface area contributed by atoms with Crippen LogP contribution in [0.3, 0.4) is 0 Å². The number of halogens is 1. The number of amides is 1.